The lowest BCUT2D eigenvalue weighted by atomic mass is 10.2. The molecule has 7 nitrogen and oxygen atoms in total. The van der Waals surface area contributed by atoms with E-state index in [9.17, 15) is 0 Å². The number of rotatable bonds is 2. The molecule has 0 amide bonds. The number of hydrogen-bond donors (Lipinski definition) is 2. The van der Waals surface area contributed by atoms with Gasteiger partial charge in [0.1, 0.15) is 5.70 Å². The molecule has 0 aromatic heterocycles. The smallest absolute Gasteiger partial charge is 0.182 e. The summed E-state index contributed by atoms with van der Waals surface area (Å²) in [5.41, 5.74) is 3.84. The Labute approximate surface area is 99.0 Å². The summed E-state index contributed by atoms with van der Waals surface area (Å²) in [7, 11) is 1.90. The lowest BCUT2D eigenvalue weighted by Gasteiger charge is -2.27. The van der Waals surface area contributed by atoms with Crippen LogP contribution in [0.15, 0.2) is 22.0 Å². The molecule has 92 valence electrons. The molecule has 0 radical (unpaired) electrons. The maximum Gasteiger partial charge on any atom is 0.182 e. The molecular formula is C10H15N5O2. The number of nitrogens with one attached hydrogen (secondary N) is 1. The molecule has 0 aromatic rings. The van der Waals surface area contributed by atoms with Crippen LogP contribution in [0.4, 0.5) is 0 Å². The van der Waals surface area contributed by atoms with Crippen LogP contribution in [0, 0.1) is 0 Å². The molecule has 7 heteroatoms. The maximum absolute atomic E-state index is 9.06. The van der Waals surface area contributed by atoms with Crippen molar-refractivity contribution in [3.63, 3.8) is 0 Å². The lowest BCUT2D eigenvalue weighted by Crippen LogP contribution is -2.41. The molecule has 0 aliphatic carbocycles. The Hall–Kier alpha value is -1.60. The van der Waals surface area contributed by atoms with E-state index in [1.807, 2.05) is 17.0 Å². The first kappa shape index (κ1) is 10.5. The van der Waals surface area contributed by atoms with Gasteiger partial charge >= 0.3 is 0 Å². The first-order valence-electron chi connectivity index (χ1n) is 5.65. The van der Waals surface area contributed by atoms with Gasteiger partial charge in [0.05, 0.1) is 25.2 Å². The molecule has 0 saturated carbocycles. The van der Waals surface area contributed by atoms with E-state index in [0.717, 1.165) is 24.4 Å². The highest BCUT2D eigenvalue weighted by Gasteiger charge is 2.36. The molecule has 0 bridgehead atoms. The van der Waals surface area contributed by atoms with Crippen LogP contribution in [0.3, 0.4) is 0 Å². The number of hydrazone groups is 1. The van der Waals surface area contributed by atoms with Crippen molar-refractivity contribution in [3.05, 3.63) is 11.9 Å². The average Bonchev–Trinajstić information content (AvgIpc) is 2.94. The number of aliphatic hydroxyl groups excluding tert-OH is 1. The van der Waals surface area contributed by atoms with Crippen molar-refractivity contribution in [2.24, 2.45) is 10.1 Å². The maximum atomic E-state index is 9.06. The number of ether oxygens (including phenoxy) is 1. The molecule has 3 aliphatic heterocycles. The fraction of sp³-hybridized carbons (Fsp3) is 0.600. The van der Waals surface area contributed by atoms with Gasteiger partial charge in [-0.2, -0.15) is 0 Å². The predicted molar refractivity (Wildman–Crippen MR) is 61.7 cm³/mol. The predicted octanol–water partition coefficient (Wildman–Crippen LogP) is -0.567. The molecule has 0 unspecified atom stereocenters. The SMILES string of the molecule is CN1C=NC=C2C1=NNN2[C@@H]1CC[C@@H](CO)O1. The van der Waals surface area contributed by atoms with Crippen molar-refractivity contribution in [3.8, 4) is 0 Å². The van der Waals surface area contributed by atoms with Gasteiger partial charge in [-0.25, -0.2) is 15.5 Å². The minimum atomic E-state index is -0.0960. The van der Waals surface area contributed by atoms with Crippen molar-refractivity contribution < 1.29 is 9.84 Å². The minimum absolute atomic E-state index is 0.0646. The second-order valence-electron chi connectivity index (χ2n) is 4.27. The van der Waals surface area contributed by atoms with Gasteiger partial charge in [-0.05, 0) is 12.8 Å². The summed E-state index contributed by atoms with van der Waals surface area (Å²) in [4.78, 5) is 5.98. The van der Waals surface area contributed by atoms with E-state index >= 15 is 0 Å². The standard InChI is InChI=1S/C10H15N5O2/c1-14-6-11-4-8-10(14)12-13-15(8)9-3-2-7(5-16)17-9/h4,6-7,9,13,16H,2-3,5H2,1H3/t7-,9-/m0/s1. The molecule has 3 aliphatic rings. The largest absolute Gasteiger partial charge is 0.394 e. The third kappa shape index (κ3) is 1.67. The van der Waals surface area contributed by atoms with E-state index in [-0.39, 0.29) is 18.9 Å². The Kier molecular flexibility index (Phi) is 2.49. The summed E-state index contributed by atoms with van der Waals surface area (Å²) in [6.45, 7) is 0.0646. The Balaban J connectivity index is 1.75. The van der Waals surface area contributed by atoms with Gasteiger partial charge in [-0.3, -0.25) is 0 Å². The van der Waals surface area contributed by atoms with E-state index in [1.165, 1.54) is 0 Å². The van der Waals surface area contributed by atoms with Crippen LogP contribution in [0.5, 0.6) is 0 Å². The van der Waals surface area contributed by atoms with Gasteiger partial charge in [0.15, 0.2) is 12.1 Å². The molecule has 3 heterocycles. The molecule has 0 spiro atoms. The zero-order chi connectivity index (χ0) is 11.8. The number of fused-ring (bicyclic) bond motifs is 1. The average molecular weight is 237 g/mol. The molecule has 2 atom stereocenters. The number of likely N-dealkylation sites (N-methyl/N-ethyl adjacent to an activating group) is 1. The summed E-state index contributed by atoms with van der Waals surface area (Å²) < 4.78 is 5.71. The van der Waals surface area contributed by atoms with E-state index < -0.39 is 0 Å². The minimum Gasteiger partial charge on any atom is -0.394 e. The van der Waals surface area contributed by atoms with Crippen LogP contribution >= 0.6 is 0 Å². The van der Waals surface area contributed by atoms with E-state index in [1.54, 1.807) is 12.5 Å². The normalized spacial score (nSPS) is 31.2. The van der Waals surface area contributed by atoms with E-state index in [2.05, 4.69) is 15.6 Å². The second kappa shape index (κ2) is 4.01. The molecule has 2 N–H and O–H groups in total. The second-order valence-corrected chi connectivity index (χ2v) is 4.27. The number of hydrazine groups is 1. The summed E-state index contributed by atoms with van der Waals surface area (Å²) in [5.74, 6) is 0.830. The van der Waals surface area contributed by atoms with Gasteiger partial charge in [-0.1, -0.05) is 0 Å². The monoisotopic (exact) mass is 237 g/mol. The van der Waals surface area contributed by atoms with E-state index in [4.69, 9.17) is 9.84 Å². The van der Waals surface area contributed by atoms with Crippen LogP contribution in [-0.4, -0.2) is 53.2 Å². The summed E-state index contributed by atoms with van der Waals surface area (Å²) in [5, 5.41) is 15.2. The van der Waals surface area contributed by atoms with Crippen LogP contribution in [0.1, 0.15) is 12.8 Å². The lowest BCUT2D eigenvalue weighted by molar-refractivity contribution is -0.0672. The number of aliphatic hydroxyl groups is 1. The summed E-state index contributed by atoms with van der Waals surface area (Å²) in [6.07, 6.45) is 5.03. The van der Waals surface area contributed by atoms with Crippen molar-refractivity contribution >= 4 is 12.2 Å². The third-order valence-corrected chi connectivity index (χ3v) is 3.10. The van der Waals surface area contributed by atoms with Gasteiger partial charge < -0.3 is 14.7 Å². The van der Waals surface area contributed by atoms with Crippen LogP contribution in [0.2, 0.25) is 0 Å². The van der Waals surface area contributed by atoms with Crippen molar-refractivity contribution in [2.45, 2.75) is 25.2 Å². The zero-order valence-corrected chi connectivity index (χ0v) is 9.58. The van der Waals surface area contributed by atoms with Gasteiger partial charge in [0, 0.05) is 7.05 Å². The number of aliphatic imine (C=N–C) groups is 1. The highest BCUT2D eigenvalue weighted by Crippen LogP contribution is 2.27. The van der Waals surface area contributed by atoms with Crippen molar-refractivity contribution in [2.75, 3.05) is 13.7 Å². The molecule has 0 aromatic carbocycles. The van der Waals surface area contributed by atoms with Crippen LogP contribution in [-0.2, 0) is 4.74 Å². The Morgan fingerprint density at radius 3 is 3.24 bits per heavy atom. The molecular weight excluding hydrogens is 222 g/mol. The Morgan fingerprint density at radius 1 is 1.59 bits per heavy atom. The number of nitrogens with zero attached hydrogens (tertiary/aromatic N) is 4. The van der Waals surface area contributed by atoms with E-state index in [0.29, 0.717) is 0 Å². The zero-order valence-electron chi connectivity index (χ0n) is 9.58. The Morgan fingerprint density at radius 2 is 2.47 bits per heavy atom. The highest BCUT2D eigenvalue weighted by molar-refractivity contribution is 6.05. The number of hydrogen-bond acceptors (Lipinski definition) is 7. The first-order chi connectivity index (χ1) is 8.29. The fourth-order valence-corrected chi connectivity index (χ4v) is 2.19. The molecule has 17 heavy (non-hydrogen) atoms. The number of amidine groups is 1. The summed E-state index contributed by atoms with van der Waals surface area (Å²) >= 11 is 0. The first-order valence-corrected chi connectivity index (χ1v) is 5.65. The topological polar surface area (TPSA) is 72.7 Å². The van der Waals surface area contributed by atoms with Crippen molar-refractivity contribution in [1.82, 2.24) is 15.4 Å². The van der Waals surface area contributed by atoms with Gasteiger partial charge in [-0.15, -0.1) is 5.10 Å². The van der Waals surface area contributed by atoms with Crippen LogP contribution < -0.4 is 5.53 Å². The molecule has 1 saturated heterocycles. The highest BCUT2D eigenvalue weighted by atomic mass is 16.5. The molecule has 3 rings (SSSR count). The van der Waals surface area contributed by atoms with Gasteiger partial charge in [0.2, 0.25) is 0 Å². The summed E-state index contributed by atoms with van der Waals surface area (Å²) in [6, 6.07) is 0. The fourth-order valence-electron chi connectivity index (χ4n) is 2.19. The quantitative estimate of drug-likeness (QED) is 0.673. The third-order valence-electron chi connectivity index (χ3n) is 3.10. The van der Waals surface area contributed by atoms with Gasteiger partial charge in [0.25, 0.3) is 0 Å². The Bertz CT molecular complexity index is 406. The molecule has 1 fully saturated rings. The van der Waals surface area contributed by atoms with Crippen LogP contribution in [0.25, 0.3) is 0 Å². The van der Waals surface area contributed by atoms with Crippen molar-refractivity contribution in [1.29, 1.82) is 0 Å².